The maximum Gasteiger partial charge on any atom is 0.327 e. The van der Waals surface area contributed by atoms with E-state index in [0.29, 0.717) is 18.0 Å². The van der Waals surface area contributed by atoms with E-state index in [4.69, 9.17) is 4.74 Å². The number of hydrogen-bond donors (Lipinski definition) is 3. The number of hydrogen-bond acceptors (Lipinski definition) is 7. The van der Waals surface area contributed by atoms with Gasteiger partial charge in [0.15, 0.2) is 0 Å². The SMILES string of the molecule is CCCC1NC(SCC(=O)Nc2ccccc2OCC)C2C(=O)N(C)C(=O)N(C)C2N1. The first-order chi connectivity index (χ1) is 14.9. The zero-order valence-corrected chi connectivity index (χ0v) is 19.2. The number of carbonyl (C=O) groups is 3. The highest BCUT2D eigenvalue weighted by Crippen LogP contribution is 2.32. The van der Waals surface area contributed by atoms with Crippen molar-refractivity contribution in [3.05, 3.63) is 24.3 Å². The summed E-state index contributed by atoms with van der Waals surface area (Å²) in [5.74, 6) is -0.135. The predicted molar refractivity (Wildman–Crippen MR) is 121 cm³/mol. The normalized spacial score (nSPS) is 25.9. The molecule has 2 aliphatic heterocycles. The Morgan fingerprint density at radius 3 is 2.65 bits per heavy atom. The molecule has 1 aromatic rings. The molecule has 3 rings (SSSR count). The minimum Gasteiger partial charge on any atom is -0.492 e. The first-order valence-electron chi connectivity index (χ1n) is 10.6. The highest BCUT2D eigenvalue weighted by atomic mass is 32.2. The van der Waals surface area contributed by atoms with Crippen LogP contribution in [0, 0.1) is 5.92 Å². The minimum absolute atomic E-state index is 0.0445. The van der Waals surface area contributed by atoms with E-state index in [2.05, 4.69) is 22.9 Å². The van der Waals surface area contributed by atoms with Crippen LogP contribution in [-0.2, 0) is 9.59 Å². The van der Waals surface area contributed by atoms with E-state index in [-0.39, 0.29) is 35.1 Å². The van der Waals surface area contributed by atoms with Crippen molar-refractivity contribution in [1.29, 1.82) is 0 Å². The van der Waals surface area contributed by atoms with Gasteiger partial charge in [-0.1, -0.05) is 25.5 Å². The van der Waals surface area contributed by atoms with Gasteiger partial charge in [-0.3, -0.25) is 25.1 Å². The van der Waals surface area contributed by atoms with Gasteiger partial charge in [-0.05, 0) is 25.5 Å². The number of nitrogens with one attached hydrogen (secondary N) is 3. The summed E-state index contributed by atoms with van der Waals surface area (Å²) in [6.45, 7) is 4.47. The Kier molecular flexibility index (Phi) is 7.79. The van der Waals surface area contributed by atoms with Crippen LogP contribution >= 0.6 is 11.8 Å². The Labute approximate surface area is 187 Å². The van der Waals surface area contributed by atoms with Gasteiger partial charge in [0.1, 0.15) is 5.75 Å². The van der Waals surface area contributed by atoms with Crippen molar-refractivity contribution in [3.63, 3.8) is 0 Å². The molecular formula is C21H31N5O4S. The molecule has 2 aliphatic rings. The summed E-state index contributed by atoms with van der Waals surface area (Å²) < 4.78 is 5.56. The molecule has 0 aromatic heterocycles. The summed E-state index contributed by atoms with van der Waals surface area (Å²) in [5, 5.41) is 9.42. The lowest BCUT2D eigenvalue weighted by Gasteiger charge is -2.50. The Bertz CT molecular complexity index is 823. The fraction of sp³-hybridized carbons (Fsp3) is 0.571. The van der Waals surface area contributed by atoms with Crippen LogP contribution < -0.4 is 20.7 Å². The third kappa shape index (κ3) is 5.13. The lowest BCUT2D eigenvalue weighted by atomic mass is 9.96. The summed E-state index contributed by atoms with van der Waals surface area (Å²) in [4.78, 5) is 40.7. The van der Waals surface area contributed by atoms with Gasteiger partial charge in [0.2, 0.25) is 11.8 Å². The molecule has 4 unspecified atom stereocenters. The predicted octanol–water partition coefficient (Wildman–Crippen LogP) is 1.87. The van der Waals surface area contributed by atoms with Crippen LogP contribution in [0.5, 0.6) is 5.75 Å². The largest absolute Gasteiger partial charge is 0.492 e. The van der Waals surface area contributed by atoms with E-state index >= 15 is 0 Å². The van der Waals surface area contributed by atoms with Crippen molar-refractivity contribution in [3.8, 4) is 5.75 Å². The number of carbonyl (C=O) groups excluding carboxylic acids is 3. The maximum atomic E-state index is 12.9. The van der Waals surface area contributed by atoms with Crippen LogP contribution in [0.1, 0.15) is 26.7 Å². The third-order valence-corrected chi connectivity index (χ3v) is 6.67. The second-order valence-electron chi connectivity index (χ2n) is 7.64. The average molecular weight is 450 g/mol. The Morgan fingerprint density at radius 2 is 1.94 bits per heavy atom. The van der Waals surface area contributed by atoms with Gasteiger partial charge < -0.3 is 15.0 Å². The molecular weight excluding hydrogens is 418 g/mol. The molecule has 4 atom stereocenters. The first-order valence-corrected chi connectivity index (χ1v) is 11.6. The standard InChI is InChI=1S/C21H31N5O4S/c1-5-9-15-23-18-17(20(28)26(4)21(29)25(18)3)19(24-15)31-12-16(27)22-13-10-7-8-11-14(13)30-6-2/h7-8,10-11,15,17-19,23-24H,5-6,9,12H2,1-4H3,(H,22,27). The second kappa shape index (κ2) is 10.3. The van der Waals surface area contributed by atoms with Crippen molar-refractivity contribution in [1.82, 2.24) is 20.4 Å². The van der Waals surface area contributed by atoms with Crippen LogP contribution in [0.4, 0.5) is 10.5 Å². The van der Waals surface area contributed by atoms with Gasteiger partial charge in [0.25, 0.3) is 0 Å². The number of rotatable bonds is 8. The summed E-state index contributed by atoms with van der Waals surface area (Å²) in [7, 11) is 3.19. The zero-order chi connectivity index (χ0) is 22.5. The topological polar surface area (TPSA) is 103 Å². The molecule has 2 saturated heterocycles. The molecule has 9 nitrogen and oxygen atoms in total. The third-order valence-electron chi connectivity index (χ3n) is 5.46. The van der Waals surface area contributed by atoms with E-state index < -0.39 is 12.1 Å². The van der Waals surface area contributed by atoms with E-state index in [0.717, 1.165) is 17.7 Å². The Morgan fingerprint density at radius 1 is 1.19 bits per heavy atom. The van der Waals surface area contributed by atoms with Gasteiger partial charge in [-0.2, -0.15) is 0 Å². The highest BCUT2D eigenvalue weighted by Gasteiger charge is 2.50. The van der Waals surface area contributed by atoms with E-state index in [9.17, 15) is 14.4 Å². The van der Waals surface area contributed by atoms with E-state index in [1.807, 2.05) is 25.1 Å². The molecule has 4 amide bonds. The quantitative estimate of drug-likeness (QED) is 0.557. The fourth-order valence-corrected chi connectivity index (χ4v) is 5.06. The zero-order valence-electron chi connectivity index (χ0n) is 18.4. The molecule has 3 N–H and O–H groups in total. The van der Waals surface area contributed by atoms with Gasteiger partial charge in [0.05, 0.1) is 41.7 Å². The van der Waals surface area contributed by atoms with Crippen LogP contribution in [0.3, 0.4) is 0 Å². The lowest BCUT2D eigenvalue weighted by molar-refractivity contribution is -0.140. The van der Waals surface area contributed by atoms with Crippen LogP contribution in [-0.4, -0.2) is 71.8 Å². The minimum atomic E-state index is -0.491. The number of para-hydroxylation sites is 2. The van der Waals surface area contributed by atoms with E-state index in [1.54, 1.807) is 18.0 Å². The summed E-state index contributed by atoms with van der Waals surface area (Å²) >= 11 is 1.38. The molecule has 170 valence electrons. The lowest BCUT2D eigenvalue weighted by Crippen LogP contribution is -2.74. The smallest absolute Gasteiger partial charge is 0.327 e. The van der Waals surface area contributed by atoms with Gasteiger partial charge >= 0.3 is 6.03 Å². The molecule has 0 aliphatic carbocycles. The van der Waals surface area contributed by atoms with Crippen molar-refractivity contribution < 1.29 is 19.1 Å². The van der Waals surface area contributed by atoms with Crippen LogP contribution in [0.15, 0.2) is 24.3 Å². The van der Waals surface area contributed by atoms with Crippen LogP contribution in [0.25, 0.3) is 0 Å². The number of benzene rings is 1. The fourth-order valence-electron chi connectivity index (χ4n) is 3.93. The second-order valence-corrected chi connectivity index (χ2v) is 8.77. The summed E-state index contributed by atoms with van der Waals surface area (Å²) in [5.41, 5.74) is 0.619. The van der Waals surface area contributed by atoms with Crippen molar-refractivity contribution in [2.45, 2.75) is 44.4 Å². The molecule has 10 heteroatoms. The van der Waals surface area contributed by atoms with Gasteiger partial charge in [-0.25, -0.2) is 4.79 Å². The van der Waals surface area contributed by atoms with Crippen molar-refractivity contribution in [2.24, 2.45) is 5.92 Å². The molecule has 2 heterocycles. The number of thioether (sulfide) groups is 1. The monoisotopic (exact) mass is 449 g/mol. The van der Waals surface area contributed by atoms with E-state index in [1.165, 1.54) is 18.8 Å². The molecule has 0 spiro atoms. The number of fused-ring (bicyclic) bond motifs is 1. The number of nitrogens with zero attached hydrogens (tertiary/aromatic N) is 2. The Balaban J connectivity index is 1.70. The summed E-state index contributed by atoms with van der Waals surface area (Å²) in [6, 6.07) is 6.96. The molecule has 1 aromatic carbocycles. The van der Waals surface area contributed by atoms with Gasteiger partial charge in [0, 0.05) is 14.1 Å². The van der Waals surface area contributed by atoms with Crippen molar-refractivity contribution >= 4 is 35.3 Å². The maximum absolute atomic E-state index is 12.9. The van der Waals surface area contributed by atoms with Crippen LogP contribution in [0.2, 0.25) is 0 Å². The highest BCUT2D eigenvalue weighted by molar-refractivity contribution is 8.00. The molecule has 0 radical (unpaired) electrons. The molecule has 31 heavy (non-hydrogen) atoms. The summed E-state index contributed by atoms with van der Waals surface area (Å²) in [6.07, 6.45) is 1.34. The van der Waals surface area contributed by atoms with Crippen molar-refractivity contribution in [2.75, 3.05) is 31.8 Å². The number of urea groups is 1. The number of anilines is 1. The van der Waals surface area contributed by atoms with Gasteiger partial charge in [-0.15, -0.1) is 11.8 Å². The number of ether oxygens (including phenoxy) is 1. The first kappa shape index (κ1) is 23.4. The average Bonchev–Trinajstić information content (AvgIpc) is 2.76. The molecule has 2 fully saturated rings. The number of imide groups is 1. The molecule has 0 saturated carbocycles. The Hall–Kier alpha value is -2.30. The number of amides is 4. The molecule has 0 bridgehead atoms.